The zero-order valence-corrected chi connectivity index (χ0v) is 12.0. The van der Waals surface area contributed by atoms with Crippen LogP contribution in [-0.2, 0) is 10.0 Å². The van der Waals surface area contributed by atoms with Crippen LogP contribution in [0.3, 0.4) is 0 Å². The first kappa shape index (κ1) is 16.2. The predicted molar refractivity (Wildman–Crippen MR) is 73.1 cm³/mol. The number of halogens is 1. The van der Waals surface area contributed by atoms with E-state index in [1.165, 1.54) is 11.0 Å². The molecule has 1 rings (SSSR count). The number of carbonyl (C=O) groups excluding carboxylic acids is 1. The number of carbonyl (C=O) groups is 1. The molecule has 9 heteroatoms. The van der Waals surface area contributed by atoms with E-state index in [4.69, 9.17) is 5.73 Å². The predicted octanol–water partition coefficient (Wildman–Crippen LogP) is -0.0426. The molecule has 1 aromatic carbocycles. The summed E-state index contributed by atoms with van der Waals surface area (Å²) in [4.78, 5) is 12.2. The van der Waals surface area contributed by atoms with E-state index in [1.807, 2.05) is 0 Å². The number of benzene rings is 1. The number of urea groups is 1. The van der Waals surface area contributed by atoms with Gasteiger partial charge in [-0.05, 0) is 18.2 Å². The average molecular weight is 304 g/mol. The lowest BCUT2D eigenvalue weighted by molar-refractivity contribution is 0.217. The Morgan fingerprint density at radius 1 is 1.35 bits per heavy atom. The van der Waals surface area contributed by atoms with Gasteiger partial charge in [-0.1, -0.05) is 0 Å². The van der Waals surface area contributed by atoms with Gasteiger partial charge in [0, 0.05) is 27.2 Å². The summed E-state index contributed by atoms with van der Waals surface area (Å²) in [6, 6.07) is 2.76. The molecule has 0 aliphatic rings. The molecule has 0 radical (unpaired) electrons. The molecule has 0 aromatic heterocycles. The highest BCUT2D eigenvalue weighted by molar-refractivity contribution is 7.89. The molecule has 0 fully saturated rings. The van der Waals surface area contributed by atoms with E-state index in [9.17, 15) is 17.6 Å². The summed E-state index contributed by atoms with van der Waals surface area (Å²) in [5, 5.41) is 2.49. The largest absolute Gasteiger partial charge is 0.398 e. The fourth-order valence-electron chi connectivity index (χ4n) is 1.33. The van der Waals surface area contributed by atoms with E-state index >= 15 is 0 Å². The van der Waals surface area contributed by atoms with Crippen LogP contribution in [0.5, 0.6) is 0 Å². The number of anilines is 1. The average Bonchev–Trinajstić information content (AvgIpc) is 2.37. The van der Waals surface area contributed by atoms with Crippen LogP contribution in [0.1, 0.15) is 0 Å². The van der Waals surface area contributed by atoms with Gasteiger partial charge in [0.2, 0.25) is 10.0 Å². The molecule has 112 valence electrons. The van der Waals surface area contributed by atoms with Crippen LogP contribution >= 0.6 is 0 Å². The molecule has 0 spiro atoms. The Kier molecular flexibility index (Phi) is 5.28. The molecule has 4 N–H and O–H groups in total. The highest BCUT2D eigenvalue weighted by atomic mass is 32.2. The molecule has 1 aromatic rings. The Balaban J connectivity index is 2.63. The van der Waals surface area contributed by atoms with Crippen molar-refractivity contribution in [2.24, 2.45) is 0 Å². The third-order valence-corrected chi connectivity index (χ3v) is 3.88. The maximum atomic E-state index is 13.1. The SMILES string of the molecule is CN(C)C(=O)NCCNS(=O)(=O)c1cc(F)ccc1N. The number of nitrogen functional groups attached to an aromatic ring is 1. The Hall–Kier alpha value is -1.87. The highest BCUT2D eigenvalue weighted by Crippen LogP contribution is 2.18. The van der Waals surface area contributed by atoms with Crippen molar-refractivity contribution in [1.82, 2.24) is 14.9 Å². The van der Waals surface area contributed by atoms with Gasteiger partial charge < -0.3 is 16.0 Å². The van der Waals surface area contributed by atoms with Gasteiger partial charge >= 0.3 is 6.03 Å². The van der Waals surface area contributed by atoms with Crippen molar-refractivity contribution in [2.75, 3.05) is 32.9 Å². The van der Waals surface area contributed by atoms with Crippen LogP contribution in [0, 0.1) is 5.82 Å². The summed E-state index contributed by atoms with van der Waals surface area (Å²) >= 11 is 0. The summed E-state index contributed by atoms with van der Waals surface area (Å²) < 4.78 is 39.1. The van der Waals surface area contributed by atoms with Gasteiger partial charge in [-0.15, -0.1) is 0 Å². The standard InChI is InChI=1S/C11H17FN4O3S/c1-16(2)11(17)14-5-6-15-20(18,19)10-7-8(12)3-4-9(10)13/h3-4,7,15H,5-6,13H2,1-2H3,(H,14,17). The van der Waals surface area contributed by atoms with Crippen molar-refractivity contribution in [3.05, 3.63) is 24.0 Å². The Morgan fingerprint density at radius 2 is 2.00 bits per heavy atom. The molecule has 0 aliphatic carbocycles. The number of amides is 2. The molecule has 0 aliphatic heterocycles. The van der Waals surface area contributed by atoms with Gasteiger partial charge in [0.25, 0.3) is 0 Å². The fraction of sp³-hybridized carbons (Fsp3) is 0.364. The van der Waals surface area contributed by atoms with Crippen LogP contribution in [0.15, 0.2) is 23.1 Å². The topological polar surface area (TPSA) is 105 Å². The van der Waals surface area contributed by atoms with Gasteiger partial charge in [0.05, 0.1) is 5.69 Å². The molecule has 2 amide bonds. The van der Waals surface area contributed by atoms with E-state index in [2.05, 4.69) is 10.0 Å². The zero-order chi connectivity index (χ0) is 15.3. The monoisotopic (exact) mass is 304 g/mol. The molecule has 0 bridgehead atoms. The zero-order valence-electron chi connectivity index (χ0n) is 11.2. The Labute approximate surface area is 117 Å². The number of hydrogen-bond acceptors (Lipinski definition) is 4. The van der Waals surface area contributed by atoms with Crippen LogP contribution in [0.25, 0.3) is 0 Å². The van der Waals surface area contributed by atoms with E-state index in [0.717, 1.165) is 12.1 Å². The molecule has 20 heavy (non-hydrogen) atoms. The minimum Gasteiger partial charge on any atom is -0.398 e. The van der Waals surface area contributed by atoms with Gasteiger partial charge in [-0.3, -0.25) is 0 Å². The molecule has 7 nitrogen and oxygen atoms in total. The number of rotatable bonds is 5. The molecule has 0 saturated carbocycles. The van der Waals surface area contributed by atoms with E-state index in [1.54, 1.807) is 14.1 Å². The van der Waals surface area contributed by atoms with Gasteiger partial charge in [0.15, 0.2) is 0 Å². The maximum absolute atomic E-state index is 13.1. The summed E-state index contributed by atoms with van der Waals surface area (Å²) in [5.74, 6) is -0.694. The normalized spacial score (nSPS) is 11.2. The Morgan fingerprint density at radius 3 is 2.60 bits per heavy atom. The van der Waals surface area contributed by atoms with Crippen molar-refractivity contribution in [1.29, 1.82) is 0 Å². The van der Waals surface area contributed by atoms with Gasteiger partial charge in [-0.25, -0.2) is 22.3 Å². The molecular weight excluding hydrogens is 287 g/mol. The van der Waals surface area contributed by atoms with E-state index in [-0.39, 0.29) is 29.7 Å². The smallest absolute Gasteiger partial charge is 0.316 e. The third kappa shape index (κ3) is 4.35. The summed E-state index contributed by atoms with van der Waals surface area (Å²) in [6.07, 6.45) is 0. The maximum Gasteiger partial charge on any atom is 0.316 e. The number of hydrogen-bond donors (Lipinski definition) is 3. The second-order valence-electron chi connectivity index (χ2n) is 4.21. The minimum absolute atomic E-state index is 0.0299. The van der Waals surface area contributed by atoms with E-state index < -0.39 is 15.8 Å². The highest BCUT2D eigenvalue weighted by Gasteiger charge is 2.17. The van der Waals surface area contributed by atoms with Gasteiger partial charge in [0.1, 0.15) is 10.7 Å². The van der Waals surface area contributed by atoms with Crippen molar-refractivity contribution >= 4 is 21.7 Å². The minimum atomic E-state index is -3.91. The van der Waals surface area contributed by atoms with Crippen LogP contribution in [0.4, 0.5) is 14.9 Å². The second kappa shape index (κ2) is 6.53. The molecule has 0 saturated heterocycles. The first-order valence-corrected chi connectivity index (χ1v) is 7.22. The number of nitrogens with two attached hydrogens (primary N) is 1. The van der Waals surface area contributed by atoms with Crippen molar-refractivity contribution in [3.63, 3.8) is 0 Å². The molecule has 0 heterocycles. The quantitative estimate of drug-likeness (QED) is 0.524. The number of sulfonamides is 1. The fourth-order valence-corrected chi connectivity index (χ4v) is 2.50. The number of nitrogens with zero attached hydrogens (tertiary/aromatic N) is 1. The van der Waals surface area contributed by atoms with Gasteiger partial charge in [-0.2, -0.15) is 0 Å². The molecule has 0 atom stereocenters. The lowest BCUT2D eigenvalue weighted by Gasteiger charge is -2.13. The first-order chi connectivity index (χ1) is 9.24. The van der Waals surface area contributed by atoms with Crippen LogP contribution < -0.4 is 15.8 Å². The second-order valence-corrected chi connectivity index (χ2v) is 5.94. The summed E-state index contributed by atoms with van der Waals surface area (Å²) in [6.45, 7) is 0.0727. The van der Waals surface area contributed by atoms with Crippen molar-refractivity contribution in [3.8, 4) is 0 Å². The van der Waals surface area contributed by atoms with Crippen molar-refractivity contribution < 1.29 is 17.6 Å². The summed E-state index contributed by atoms with van der Waals surface area (Å²) in [5.41, 5.74) is 5.46. The molecular formula is C11H17FN4O3S. The van der Waals surface area contributed by atoms with Crippen molar-refractivity contribution in [2.45, 2.75) is 4.90 Å². The lowest BCUT2D eigenvalue weighted by Crippen LogP contribution is -2.39. The van der Waals surface area contributed by atoms with Crippen LogP contribution in [-0.4, -0.2) is 46.5 Å². The third-order valence-electron chi connectivity index (χ3n) is 2.36. The lowest BCUT2D eigenvalue weighted by atomic mass is 10.3. The Bertz CT molecular complexity index is 589. The number of nitrogens with one attached hydrogen (secondary N) is 2. The molecule has 0 unspecified atom stereocenters. The van der Waals surface area contributed by atoms with E-state index in [0.29, 0.717) is 0 Å². The first-order valence-electron chi connectivity index (χ1n) is 5.74. The summed E-state index contributed by atoms with van der Waals surface area (Å²) in [7, 11) is -0.787. The van der Waals surface area contributed by atoms with Crippen LogP contribution in [0.2, 0.25) is 0 Å².